The third-order valence-electron chi connectivity index (χ3n) is 3.70. The molecule has 1 aromatic heterocycles. The number of rotatable bonds is 5. The molecule has 0 bridgehead atoms. The van der Waals surface area contributed by atoms with Gasteiger partial charge >= 0.3 is 0 Å². The van der Waals surface area contributed by atoms with E-state index in [9.17, 15) is 0 Å². The van der Waals surface area contributed by atoms with Crippen LogP contribution in [-0.2, 0) is 17.7 Å². The van der Waals surface area contributed by atoms with E-state index < -0.39 is 0 Å². The molecule has 0 saturated carbocycles. The van der Waals surface area contributed by atoms with Gasteiger partial charge in [0.05, 0.1) is 6.61 Å². The Morgan fingerprint density at radius 2 is 2.32 bits per heavy atom. The minimum absolute atomic E-state index is 0.572. The normalized spacial score (nSPS) is 19.4. The number of nitrogens with two attached hydrogens (primary N) is 1. The molecule has 2 heterocycles. The van der Waals surface area contributed by atoms with Crippen LogP contribution in [0.1, 0.15) is 31.0 Å². The quantitative estimate of drug-likeness (QED) is 0.882. The summed E-state index contributed by atoms with van der Waals surface area (Å²) in [4.78, 5) is 6.93. The standard InChI is InChI=1S/C15H25N3O/c1-3-14-7-13(9-16)8-15(17-14)18(2)10-12-5-4-6-19-11-12/h7-8,12H,3-6,9-11,16H2,1-2H3. The lowest BCUT2D eigenvalue weighted by molar-refractivity contribution is 0.0576. The highest BCUT2D eigenvalue weighted by molar-refractivity contribution is 5.42. The molecule has 0 spiro atoms. The van der Waals surface area contributed by atoms with Crippen LogP contribution >= 0.6 is 0 Å². The minimum atomic E-state index is 0.572. The van der Waals surface area contributed by atoms with E-state index in [2.05, 4.69) is 31.0 Å². The zero-order valence-corrected chi connectivity index (χ0v) is 12.1. The van der Waals surface area contributed by atoms with Crippen LogP contribution in [0.5, 0.6) is 0 Å². The molecule has 4 nitrogen and oxygen atoms in total. The van der Waals surface area contributed by atoms with E-state index in [1.807, 2.05) is 0 Å². The predicted octanol–water partition coefficient (Wildman–Crippen LogP) is 1.97. The maximum Gasteiger partial charge on any atom is 0.128 e. The van der Waals surface area contributed by atoms with Crippen LogP contribution in [0.15, 0.2) is 12.1 Å². The summed E-state index contributed by atoms with van der Waals surface area (Å²) < 4.78 is 5.54. The molecular weight excluding hydrogens is 238 g/mol. The van der Waals surface area contributed by atoms with Crippen LogP contribution < -0.4 is 10.6 Å². The van der Waals surface area contributed by atoms with Crippen molar-refractivity contribution in [2.45, 2.75) is 32.7 Å². The Morgan fingerprint density at radius 1 is 1.47 bits per heavy atom. The van der Waals surface area contributed by atoms with Gasteiger partial charge in [-0.3, -0.25) is 0 Å². The molecule has 0 aromatic carbocycles. The Hall–Kier alpha value is -1.13. The van der Waals surface area contributed by atoms with Gasteiger partial charge in [0.15, 0.2) is 0 Å². The summed E-state index contributed by atoms with van der Waals surface area (Å²) in [5, 5.41) is 0. The number of aryl methyl sites for hydroxylation is 1. The molecule has 106 valence electrons. The lowest BCUT2D eigenvalue weighted by Gasteiger charge is -2.28. The summed E-state index contributed by atoms with van der Waals surface area (Å²) in [5.41, 5.74) is 8.04. The first kappa shape index (κ1) is 14.3. The van der Waals surface area contributed by atoms with Crippen molar-refractivity contribution in [1.29, 1.82) is 0 Å². The van der Waals surface area contributed by atoms with E-state index in [1.54, 1.807) is 0 Å². The smallest absolute Gasteiger partial charge is 0.128 e. The Balaban J connectivity index is 2.06. The summed E-state index contributed by atoms with van der Waals surface area (Å²) in [7, 11) is 2.11. The van der Waals surface area contributed by atoms with Crippen molar-refractivity contribution >= 4 is 5.82 Å². The second-order valence-corrected chi connectivity index (χ2v) is 5.35. The van der Waals surface area contributed by atoms with Crippen molar-refractivity contribution in [3.63, 3.8) is 0 Å². The predicted molar refractivity (Wildman–Crippen MR) is 78.3 cm³/mol. The van der Waals surface area contributed by atoms with Gasteiger partial charge in [-0.15, -0.1) is 0 Å². The first-order chi connectivity index (χ1) is 9.22. The zero-order chi connectivity index (χ0) is 13.7. The molecule has 2 rings (SSSR count). The molecule has 19 heavy (non-hydrogen) atoms. The fourth-order valence-electron chi connectivity index (χ4n) is 2.56. The molecule has 4 heteroatoms. The molecule has 1 aliphatic rings. The molecule has 1 unspecified atom stereocenters. The van der Waals surface area contributed by atoms with Crippen molar-refractivity contribution in [1.82, 2.24) is 4.98 Å². The van der Waals surface area contributed by atoms with Gasteiger partial charge in [-0.2, -0.15) is 0 Å². The Kier molecular flexibility index (Phi) is 5.16. The molecular formula is C15H25N3O. The molecule has 1 aromatic rings. The van der Waals surface area contributed by atoms with Gasteiger partial charge in [-0.25, -0.2) is 4.98 Å². The van der Waals surface area contributed by atoms with Crippen molar-refractivity contribution in [2.75, 3.05) is 31.7 Å². The Bertz CT molecular complexity index is 380. The largest absolute Gasteiger partial charge is 0.381 e. The number of anilines is 1. The van der Waals surface area contributed by atoms with Gasteiger partial charge in [0.2, 0.25) is 0 Å². The monoisotopic (exact) mass is 263 g/mol. The Labute approximate surface area is 116 Å². The number of hydrogen-bond acceptors (Lipinski definition) is 4. The highest BCUT2D eigenvalue weighted by Crippen LogP contribution is 2.19. The van der Waals surface area contributed by atoms with Crippen molar-refractivity contribution in [3.8, 4) is 0 Å². The number of pyridine rings is 1. The molecule has 2 N–H and O–H groups in total. The van der Waals surface area contributed by atoms with E-state index in [0.29, 0.717) is 12.5 Å². The molecule has 1 saturated heterocycles. The lowest BCUT2D eigenvalue weighted by Crippen LogP contribution is -2.31. The number of aromatic nitrogens is 1. The van der Waals surface area contributed by atoms with Gasteiger partial charge in [0.1, 0.15) is 5.82 Å². The summed E-state index contributed by atoms with van der Waals surface area (Å²) in [6.07, 6.45) is 3.37. The van der Waals surface area contributed by atoms with E-state index in [4.69, 9.17) is 15.5 Å². The van der Waals surface area contributed by atoms with Gasteiger partial charge in [-0.1, -0.05) is 6.92 Å². The van der Waals surface area contributed by atoms with Crippen LogP contribution in [0.2, 0.25) is 0 Å². The summed E-state index contributed by atoms with van der Waals surface area (Å²) in [5.74, 6) is 1.65. The molecule has 1 atom stereocenters. The third kappa shape index (κ3) is 3.91. The van der Waals surface area contributed by atoms with Gasteiger partial charge in [0.25, 0.3) is 0 Å². The molecule has 0 radical (unpaired) electrons. The van der Waals surface area contributed by atoms with E-state index in [0.717, 1.165) is 43.3 Å². The fourth-order valence-corrected chi connectivity index (χ4v) is 2.56. The maximum atomic E-state index is 5.76. The molecule has 0 amide bonds. The maximum absolute atomic E-state index is 5.76. The SMILES string of the molecule is CCc1cc(CN)cc(N(C)CC2CCCOC2)n1. The zero-order valence-electron chi connectivity index (χ0n) is 12.1. The van der Waals surface area contributed by atoms with Crippen LogP contribution in [0.25, 0.3) is 0 Å². The van der Waals surface area contributed by atoms with Crippen LogP contribution in [0, 0.1) is 5.92 Å². The highest BCUT2D eigenvalue weighted by atomic mass is 16.5. The summed E-state index contributed by atoms with van der Waals surface area (Å²) in [6.45, 7) is 5.50. The third-order valence-corrected chi connectivity index (χ3v) is 3.70. The molecule has 1 aliphatic heterocycles. The fraction of sp³-hybridized carbons (Fsp3) is 0.667. The number of nitrogens with zero attached hydrogens (tertiary/aromatic N) is 2. The number of hydrogen-bond donors (Lipinski definition) is 1. The van der Waals surface area contributed by atoms with Gasteiger partial charge in [-0.05, 0) is 42.9 Å². The highest BCUT2D eigenvalue weighted by Gasteiger charge is 2.17. The van der Waals surface area contributed by atoms with Crippen molar-refractivity contribution < 1.29 is 4.74 Å². The first-order valence-electron chi connectivity index (χ1n) is 7.21. The van der Waals surface area contributed by atoms with Crippen LogP contribution in [0.3, 0.4) is 0 Å². The van der Waals surface area contributed by atoms with Crippen molar-refractivity contribution in [2.24, 2.45) is 11.7 Å². The number of ether oxygens (including phenoxy) is 1. The Morgan fingerprint density at radius 3 is 2.95 bits per heavy atom. The second kappa shape index (κ2) is 6.87. The van der Waals surface area contributed by atoms with E-state index in [-0.39, 0.29) is 0 Å². The first-order valence-corrected chi connectivity index (χ1v) is 7.21. The lowest BCUT2D eigenvalue weighted by atomic mass is 10.0. The van der Waals surface area contributed by atoms with Gasteiger partial charge < -0.3 is 15.4 Å². The summed E-state index contributed by atoms with van der Waals surface area (Å²) in [6, 6.07) is 4.20. The average Bonchev–Trinajstić information content (AvgIpc) is 2.47. The average molecular weight is 263 g/mol. The second-order valence-electron chi connectivity index (χ2n) is 5.35. The van der Waals surface area contributed by atoms with E-state index >= 15 is 0 Å². The summed E-state index contributed by atoms with van der Waals surface area (Å²) >= 11 is 0. The minimum Gasteiger partial charge on any atom is -0.381 e. The topological polar surface area (TPSA) is 51.4 Å². The molecule has 0 aliphatic carbocycles. The van der Waals surface area contributed by atoms with Crippen LogP contribution in [-0.4, -0.2) is 31.8 Å². The van der Waals surface area contributed by atoms with Crippen LogP contribution in [0.4, 0.5) is 5.82 Å². The van der Waals surface area contributed by atoms with E-state index in [1.165, 1.54) is 12.8 Å². The van der Waals surface area contributed by atoms with Crippen molar-refractivity contribution in [3.05, 3.63) is 23.4 Å². The van der Waals surface area contributed by atoms with Gasteiger partial charge in [0, 0.05) is 32.4 Å². The molecule has 1 fully saturated rings.